The molecule has 6 rings (SSSR count). The van der Waals surface area contributed by atoms with E-state index in [0.29, 0.717) is 24.5 Å². The van der Waals surface area contributed by atoms with E-state index in [-0.39, 0.29) is 23.7 Å². The summed E-state index contributed by atoms with van der Waals surface area (Å²) in [7, 11) is 1.81. The van der Waals surface area contributed by atoms with E-state index in [1.807, 2.05) is 13.1 Å². The number of ether oxygens (including phenoxy) is 1. The average Bonchev–Trinajstić information content (AvgIpc) is 3.46. The first kappa shape index (κ1) is 22.7. The number of hydrogen-bond donors (Lipinski definition) is 2. The first-order chi connectivity index (χ1) is 16.8. The summed E-state index contributed by atoms with van der Waals surface area (Å²) in [6.07, 6.45) is 8.78. The van der Waals surface area contributed by atoms with Crippen LogP contribution in [0.1, 0.15) is 49.8 Å². The smallest absolute Gasteiger partial charge is 0.246 e. The van der Waals surface area contributed by atoms with Gasteiger partial charge in [-0.05, 0) is 61.9 Å². The van der Waals surface area contributed by atoms with Gasteiger partial charge < -0.3 is 24.3 Å². The molecular formula is C28H34N2O5. The lowest BCUT2D eigenvalue weighted by Crippen LogP contribution is -2.78. The van der Waals surface area contributed by atoms with Crippen LogP contribution in [-0.2, 0) is 16.6 Å². The number of phenols is 1. The van der Waals surface area contributed by atoms with E-state index in [9.17, 15) is 15.0 Å². The van der Waals surface area contributed by atoms with Crippen LogP contribution in [0.15, 0.2) is 41.2 Å². The Morgan fingerprint density at radius 2 is 2.14 bits per heavy atom. The zero-order valence-electron chi connectivity index (χ0n) is 20.6. The van der Waals surface area contributed by atoms with Gasteiger partial charge >= 0.3 is 0 Å². The third-order valence-electron chi connectivity index (χ3n) is 8.95. The molecule has 35 heavy (non-hydrogen) atoms. The highest BCUT2D eigenvalue weighted by Crippen LogP contribution is 2.65. The minimum Gasteiger partial charge on any atom is -0.504 e. The molecule has 2 bridgehead atoms. The lowest BCUT2D eigenvalue weighted by Gasteiger charge is -2.64. The number of aliphatic hydroxyl groups is 1. The normalized spacial score (nSPS) is 33.1. The van der Waals surface area contributed by atoms with Crippen molar-refractivity contribution in [1.82, 2.24) is 9.80 Å². The summed E-state index contributed by atoms with van der Waals surface area (Å²) in [5.74, 6) is 1.00. The van der Waals surface area contributed by atoms with Gasteiger partial charge in [0.25, 0.3) is 0 Å². The van der Waals surface area contributed by atoms with Gasteiger partial charge in [0, 0.05) is 36.8 Å². The molecule has 3 heterocycles. The average molecular weight is 479 g/mol. The Morgan fingerprint density at radius 1 is 1.31 bits per heavy atom. The molecule has 0 radical (unpaired) electrons. The first-order valence-corrected chi connectivity index (χ1v) is 12.7. The Labute approximate surface area is 206 Å². The molecule has 2 aliphatic carbocycles. The van der Waals surface area contributed by atoms with Gasteiger partial charge in [0.2, 0.25) is 5.91 Å². The van der Waals surface area contributed by atoms with E-state index in [2.05, 4.69) is 18.7 Å². The number of aromatic hydroxyl groups is 1. The van der Waals surface area contributed by atoms with Crippen molar-refractivity contribution in [3.63, 3.8) is 0 Å². The number of amides is 1. The number of benzene rings is 1. The number of carbonyl (C=O) groups excluding carboxylic acids is 1. The second kappa shape index (κ2) is 7.87. The number of phenolic OH excluding ortho intramolecular Hbond substituents is 1. The topological polar surface area (TPSA) is 86.4 Å². The van der Waals surface area contributed by atoms with E-state index in [1.165, 1.54) is 0 Å². The number of furan rings is 1. The molecule has 2 aliphatic heterocycles. The molecule has 1 aromatic heterocycles. The highest BCUT2D eigenvalue weighted by molar-refractivity contribution is 5.91. The van der Waals surface area contributed by atoms with E-state index in [1.54, 1.807) is 41.7 Å². The van der Waals surface area contributed by atoms with E-state index >= 15 is 0 Å². The summed E-state index contributed by atoms with van der Waals surface area (Å²) < 4.78 is 11.7. The summed E-state index contributed by atoms with van der Waals surface area (Å²) in [5, 5.41) is 23.3. The number of hydrogen-bond acceptors (Lipinski definition) is 6. The molecule has 7 nitrogen and oxygen atoms in total. The maximum atomic E-state index is 13.2. The second-order valence-corrected chi connectivity index (χ2v) is 11.2. The number of likely N-dealkylation sites (N-methyl/N-ethyl adjacent to an activating group) is 1. The van der Waals surface area contributed by atoms with Gasteiger partial charge in [0.15, 0.2) is 11.5 Å². The van der Waals surface area contributed by atoms with E-state index in [0.717, 1.165) is 42.6 Å². The molecule has 2 fully saturated rings. The van der Waals surface area contributed by atoms with Crippen LogP contribution in [0.4, 0.5) is 0 Å². The number of piperidine rings is 1. The van der Waals surface area contributed by atoms with Crippen LogP contribution in [0.3, 0.4) is 0 Å². The minimum atomic E-state index is -0.968. The predicted octanol–water partition coefficient (Wildman–Crippen LogP) is 3.34. The van der Waals surface area contributed by atoms with Crippen molar-refractivity contribution in [2.24, 2.45) is 5.92 Å². The summed E-state index contributed by atoms with van der Waals surface area (Å²) >= 11 is 0. The molecule has 7 heteroatoms. The van der Waals surface area contributed by atoms with Gasteiger partial charge in [-0.15, -0.1) is 0 Å². The Bertz CT molecular complexity index is 1170. The number of nitrogens with zero attached hydrogens (tertiary/aromatic N) is 2. The van der Waals surface area contributed by atoms with Crippen LogP contribution < -0.4 is 4.74 Å². The standard InChI is InChI=1S/C28H34N2O5/c1-17(2)15-30-12-11-27-24-19-5-6-21(31)25(24)35-26(27)20(8-10-28(27,33)22(30)14-19)29(3)23(32)7-4-18-9-13-34-16-18/h4-7,9,13,16-17,20,22,26,31,33H,8,10-12,14-15H2,1-3H3/b7-4+/t20-,22+,26+,27+,28-/m1/s1. The van der Waals surface area contributed by atoms with Gasteiger partial charge in [0.05, 0.1) is 29.6 Å². The van der Waals surface area contributed by atoms with Crippen LogP contribution in [0.25, 0.3) is 6.08 Å². The maximum Gasteiger partial charge on any atom is 0.246 e. The molecular weight excluding hydrogens is 444 g/mol. The third kappa shape index (κ3) is 3.07. The van der Waals surface area contributed by atoms with Crippen molar-refractivity contribution in [2.45, 2.75) is 68.7 Å². The number of likely N-dealkylation sites (tertiary alicyclic amines) is 1. The lowest BCUT2D eigenvalue weighted by molar-refractivity contribution is -0.200. The van der Waals surface area contributed by atoms with Gasteiger partial charge in [-0.3, -0.25) is 9.69 Å². The van der Waals surface area contributed by atoms with Gasteiger partial charge in [-0.25, -0.2) is 0 Å². The van der Waals surface area contributed by atoms with Gasteiger partial charge in [-0.1, -0.05) is 19.9 Å². The Kier molecular flexibility index (Phi) is 5.10. The zero-order chi connectivity index (χ0) is 24.5. The Hall–Kier alpha value is -2.77. The molecule has 2 aromatic rings. The first-order valence-electron chi connectivity index (χ1n) is 12.7. The van der Waals surface area contributed by atoms with Crippen molar-refractivity contribution in [3.05, 3.63) is 53.5 Å². The van der Waals surface area contributed by atoms with Crippen LogP contribution in [-0.4, -0.2) is 69.8 Å². The molecule has 1 saturated carbocycles. The van der Waals surface area contributed by atoms with Crippen molar-refractivity contribution in [2.75, 3.05) is 20.1 Å². The summed E-state index contributed by atoms with van der Waals surface area (Å²) in [6, 6.07) is 5.30. The van der Waals surface area contributed by atoms with E-state index < -0.39 is 17.1 Å². The predicted molar refractivity (Wildman–Crippen MR) is 131 cm³/mol. The second-order valence-electron chi connectivity index (χ2n) is 11.2. The molecule has 2 N–H and O–H groups in total. The summed E-state index contributed by atoms with van der Waals surface area (Å²) in [5.41, 5.74) is 1.35. The lowest BCUT2D eigenvalue weighted by atomic mass is 9.48. The SMILES string of the molecule is CC(C)CN1CC[C@]23c4c5ccc(O)c4O[C@H]2[C@H](N(C)C(=O)/C=C/c2ccoc2)CC[C@@]3(O)[C@@H]1C5. The van der Waals surface area contributed by atoms with Crippen molar-refractivity contribution < 1.29 is 24.2 Å². The van der Waals surface area contributed by atoms with Crippen LogP contribution in [0.5, 0.6) is 11.5 Å². The molecule has 1 spiro atoms. The maximum absolute atomic E-state index is 13.2. The fourth-order valence-electron chi connectivity index (χ4n) is 7.51. The molecule has 0 unspecified atom stereocenters. The molecule has 1 saturated heterocycles. The monoisotopic (exact) mass is 478 g/mol. The molecule has 5 atom stereocenters. The van der Waals surface area contributed by atoms with Crippen LogP contribution in [0.2, 0.25) is 0 Å². The molecule has 186 valence electrons. The molecule has 1 aromatic carbocycles. The third-order valence-corrected chi connectivity index (χ3v) is 8.95. The number of rotatable bonds is 5. The van der Waals surface area contributed by atoms with Crippen molar-refractivity contribution in [3.8, 4) is 11.5 Å². The largest absolute Gasteiger partial charge is 0.504 e. The highest BCUT2D eigenvalue weighted by Gasteiger charge is 2.73. The fourth-order valence-corrected chi connectivity index (χ4v) is 7.51. The highest BCUT2D eigenvalue weighted by atomic mass is 16.5. The van der Waals surface area contributed by atoms with Gasteiger partial charge in [0.1, 0.15) is 6.10 Å². The minimum absolute atomic E-state index is 0.00399. The number of carbonyl (C=O) groups is 1. The van der Waals surface area contributed by atoms with Crippen LogP contribution >= 0.6 is 0 Å². The molecule has 1 amide bonds. The van der Waals surface area contributed by atoms with Crippen molar-refractivity contribution in [1.29, 1.82) is 0 Å². The Balaban J connectivity index is 1.40. The quantitative estimate of drug-likeness (QED) is 0.641. The Morgan fingerprint density at radius 3 is 2.89 bits per heavy atom. The summed E-state index contributed by atoms with van der Waals surface area (Å²) in [4.78, 5) is 17.4. The van der Waals surface area contributed by atoms with Crippen LogP contribution in [0, 0.1) is 5.92 Å². The summed E-state index contributed by atoms with van der Waals surface area (Å²) in [6.45, 7) is 6.24. The molecule has 4 aliphatic rings. The zero-order valence-corrected chi connectivity index (χ0v) is 20.6. The fraction of sp³-hybridized carbons (Fsp3) is 0.536. The van der Waals surface area contributed by atoms with Crippen molar-refractivity contribution >= 4 is 12.0 Å². The van der Waals surface area contributed by atoms with Gasteiger partial charge in [-0.2, -0.15) is 0 Å². The van der Waals surface area contributed by atoms with E-state index in [4.69, 9.17) is 9.15 Å².